The minimum Gasteiger partial charge on any atom is -0.465 e. The van der Waals surface area contributed by atoms with Gasteiger partial charge in [-0.25, -0.2) is 4.68 Å². The molecule has 1 spiro atoms. The van der Waals surface area contributed by atoms with Crippen molar-refractivity contribution in [3.05, 3.63) is 48.6 Å². The van der Waals surface area contributed by atoms with Gasteiger partial charge in [0.25, 0.3) is 5.91 Å². The zero-order valence-electron chi connectivity index (χ0n) is 23.0. The first kappa shape index (κ1) is 26.6. The highest BCUT2D eigenvalue weighted by molar-refractivity contribution is 5.99. The molecule has 0 saturated carbocycles. The molecule has 1 unspecified atom stereocenters. The van der Waals surface area contributed by atoms with Crippen LogP contribution in [-0.2, 0) is 30.5 Å². The number of benzene rings is 1. The number of cyclic esters (lactones) is 1. The Morgan fingerprint density at radius 2 is 1.90 bits per heavy atom. The van der Waals surface area contributed by atoms with Gasteiger partial charge in [-0.1, -0.05) is 62.4 Å². The molecule has 1 aromatic carbocycles. The maximum atomic E-state index is 14.6. The maximum absolute atomic E-state index is 14.6. The predicted molar refractivity (Wildman–Crippen MR) is 143 cm³/mol. The molecule has 1 aromatic heterocycles. The number of hydrogen-bond donors (Lipinski definition) is 1. The van der Waals surface area contributed by atoms with Gasteiger partial charge in [-0.3, -0.25) is 14.4 Å². The summed E-state index contributed by atoms with van der Waals surface area (Å²) in [5.41, 5.74) is -1.03. The normalized spacial score (nSPS) is 32.5. The van der Waals surface area contributed by atoms with Crippen LogP contribution in [0.5, 0.6) is 0 Å². The van der Waals surface area contributed by atoms with Crippen LogP contribution < -0.4 is 0 Å². The number of aromatic nitrogens is 3. The lowest BCUT2D eigenvalue weighted by molar-refractivity contribution is -0.164. The molecule has 0 bridgehead atoms. The SMILES string of the molecule is CC[C@]12C=CCCOC(=O)[C@H]1[C@H]1C(=O)N([C@@H](CO)C(C)C)C3C(=O)N(Cn4nnc5ccccc54)CC=C[C@@]31O2. The number of amides is 2. The standard InChI is InChI=1S/C29H35N5O6/c1-4-28-12-7-8-15-39-27(38)23(28)22-25(36)34(21(16-35)18(2)3)24-26(37)32(14-9-13-29(22,24)40-28)17-33-20-11-6-5-10-19(20)30-31-33/h5-7,9-13,18,21-24,35H,4,8,14-17H2,1-3H3/t21-,22-,23+,24?,28-,29-/m0/s1. The summed E-state index contributed by atoms with van der Waals surface area (Å²) in [5.74, 6) is -3.27. The summed E-state index contributed by atoms with van der Waals surface area (Å²) < 4.78 is 14.1. The van der Waals surface area contributed by atoms with Crippen LogP contribution in [0.15, 0.2) is 48.6 Å². The number of hydrogen-bond acceptors (Lipinski definition) is 8. The molecule has 0 radical (unpaired) electrons. The van der Waals surface area contributed by atoms with E-state index in [2.05, 4.69) is 10.3 Å². The van der Waals surface area contributed by atoms with Crippen molar-refractivity contribution in [1.29, 1.82) is 0 Å². The summed E-state index contributed by atoms with van der Waals surface area (Å²) in [5, 5.41) is 18.9. The highest BCUT2D eigenvalue weighted by Gasteiger charge is 2.76. The second-order valence-corrected chi connectivity index (χ2v) is 11.4. The van der Waals surface area contributed by atoms with Crippen molar-refractivity contribution < 1.29 is 29.0 Å². The number of nitrogens with zero attached hydrogens (tertiary/aromatic N) is 5. The quantitative estimate of drug-likeness (QED) is 0.426. The van der Waals surface area contributed by atoms with E-state index in [1.165, 1.54) is 4.90 Å². The molecule has 2 fully saturated rings. The van der Waals surface area contributed by atoms with Gasteiger partial charge in [0.15, 0.2) is 0 Å². The summed E-state index contributed by atoms with van der Waals surface area (Å²) in [6.45, 7) is 5.95. The number of carbonyl (C=O) groups excluding carboxylic acids is 3. The zero-order valence-corrected chi connectivity index (χ0v) is 23.0. The van der Waals surface area contributed by atoms with Crippen LogP contribution >= 0.6 is 0 Å². The van der Waals surface area contributed by atoms with Crippen LogP contribution in [0.25, 0.3) is 11.0 Å². The first-order valence-electron chi connectivity index (χ1n) is 14.0. The van der Waals surface area contributed by atoms with Gasteiger partial charge in [-0.2, -0.15) is 0 Å². The fourth-order valence-corrected chi connectivity index (χ4v) is 7.00. The van der Waals surface area contributed by atoms with Gasteiger partial charge in [-0.05, 0) is 30.9 Å². The molecule has 6 rings (SSSR count). The molecular weight excluding hydrogens is 514 g/mol. The number of carbonyl (C=O) groups is 3. The average molecular weight is 550 g/mol. The first-order chi connectivity index (χ1) is 19.3. The second-order valence-electron chi connectivity index (χ2n) is 11.4. The third-order valence-electron chi connectivity index (χ3n) is 8.96. The molecule has 4 aliphatic heterocycles. The van der Waals surface area contributed by atoms with Gasteiger partial charge in [0.1, 0.15) is 35.3 Å². The van der Waals surface area contributed by atoms with Gasteiger partial charge >= 0.3 is 5.97 Å². The number of aliphatic hydroxyl groups is 1. The molecule has 6 atom stereocenters. The largest absolute Gasteiger partial charge is 0.465 e. The van der Waals surface area contributed by atoms with Crippen molar-refractivity contribution in [2.75, 3.05) is 19.8 Å². The van der Waals surface area contributed by atoms with Crippen LogP contribution in [0, 0.1) is 17.8 Å². The number of likely N-dealkylation sites (tertiary alicyclic amines) is 1. The molecule has 4 aliphatic rings. The Labute approximate surface area is 232 Å². The van der Waals surface area contributed by atoms with Crippen molar-refractivity contribution in [3.8, 4) is 0 Å². The van der Waals surface area contributed by atoms with Gasteiger partial charge in [0, 0.05) is 6.54 Å². The van der Waals surface area contributed by atoms with Gasteiger partial charge in [0.2, 0.25) is 5.91 Å². The van der Waals surface area contributed by atoms with Crippen LogP contribution in [0.1, 0.15) is 33.6 Å². The molecule has 40 heavy (non-hydrogen) atoms. The maximum Gasteiger partial charge on any atom is 0.313 e. The van der Waals surface area contributed by atoms with Crippen molar-refractivity contribution in [2.24, 2.45) is 17.8 Å². The summed E-state index contributed by atoms with van der Waals surface area (Å²) in [6, 6.07) is 5.76. The summed E-state index contributed by atoms with van der Waals surface area (Å²) >= 11 is 0. The Kier molecular flexibility index (Phi) is 6.53. The Morgan fingerprint density at radius 3 is 2.65 bits per heavy atom. The molecule has 2 amide bonds. The third-order valence-corrected chi connectivity index (χ3v) is 8.96. The van der Waals surface area contributed by atoms with E-state index in [-0.39, 0.29) is 44.2 Å². The van der Waals surface area contributed by atoms with E-state index in [0.29, 0.717) is 18.4 Å². The number of esters is 1. The topological polar surface area (TPSA) is 127 Å². The monoisotopic (exact) mass is 549 g/mol. The lowest BCUT2D eigenvalue weighted by Gasteiger charge is -2.41. The minimum absolute atomic E-state index is 0.110. The molecule has 11 nitrogen and oxygen atoms in total. The third kappa shape index (κ3) is 3.74. The fraction of sp³-hybridized carbons (Fsp3) is 0.552. The zero-order chi connectivity index (χ0) is 28.2. The summed E-state index contributed by atoms with van der Waals surface area (Å²) in [6.07, 6.45) is 8.41. The van der Waals surface area contributed by atoms with E-state index in [1.807, 2.05) is 63.3 Å². The van der Waals surface area contributed by atoms with E-state index in [1.54, 1.807) is 15.7 Å². The molecule has 2 saturated heterocycles. The summed E-state index contributed by atoms with van der Waals surface area (Å²) in [7, 11) is 0. The summed E-state index contributed by atoms with van der Waals surface area (Å²) in [4.78, 5) is 45.6. The first-order valence-corrected chi connectivity index (χ1v) is 14.0. The van der Waals surface area contributed by atoms with E-state index in [0.717, 1.165) is 5.52 Å². The van der Waals surface area contributed by atoms with E-state index >= 15 is 0 Å². The van der Waals surface area contributed by atoms with Crippen LogP contribution in [-0.4, -0.2) is 90.7 Å². The number of ether oxygens (including phenoxy) is 2. The Balaban J connectivity index is 1.48. The molecule has 5 heterocycles. The molecule has 0 aliphatic carbocycles. The predicted octanol–water partition coefficient (Wildman–Crippen LogP) is 1.67. The molecule has 11 heteroatoms. The van der Waals surface area contributed by atoms with Crippen LogP contribution in [0.4, 0.5) is 0 Å². The van der Waals surface area contributed by atoms with Crippen molar-refractivity contribution in [3.63, 3.8) is 0 Å². The van der Waals surface area contributed by atoms with Gasteiger partial charge in [-0.15, -0.1) is 5.10 Å². The highest BCUT2D eigenvalue weighted by atomic mass is 16.6. The smallest absolute Gasteiger partial charge is 0.313 e. The van der Waals surface area contributed by atoms with Gasteiger partial charge in [0.05, 0.1) is 30.7 Å². The molecular formula is C29H35N5O6. The van der Waals surface area contributed by atoms with Gasteiger partial charge < -0.3 is 24.4 Å². The Bertz CT molecular complexity index is 1400. The van der Waals surface area contributed by atoms with E-state index in [4.69, 9.17) is 9.47 Å². The number of rotatable bonds is 6. The van der Waals surface area contributed by atoms with E-state index < -0.39 is 41.1 Å². The number of para-hydroxylation sites is 1. The minimum atomic E-state index is -1.41. The fourth-order valence-electron chi connectivity index (χ4n) is 7.00. The lowest BCUT2D eigenvalue weighted by atomic mass is 9.73. The highest BCUT2D eigenvalue weighted by Crippen LogP contribution is 2.58. The average Bonchev–Trinajstić information content (AvgIpc) is 3.50. The number of aliphatic hydroxyl groups excluding tert-OH is 1. The lowest BCUT2D eigenvalue weighted by Crippen LogP contribution is -2.60. The Hall–Kier alpha value is -3.57. The van der Waals surface area contributed by atoms with Crippen molar-refractivity contribution in [1.82, 2.24) is 24.8 Å². The number of fused-ring (bicyclic) bond motifs is 3. The molecule has 1 N–H and O–H groups in total. The van der Waals surface area contributed by atoms with Crippen molar-refractivity contribution in [2.45, 2.75) is 63.6 Å². The molecule has 2 aromatic rings. The Morgan fingerprint density at radius 1 is 1.10 bits per heavy atom. The molecule has 212 valence electrons. The van der Waals surface area contributed by atoms with E-state index in [9.17, 15) is 19.5 Å². The second kappa shape index (κ2) is 9.81. The van der Waals surface area contributed by atoms with Crippen molar-refractivity contribution >= 4 is 28.8 Å². The van der Waals surface area contributed by atoms with Crippen LogP contribution in [0.3, 0.4) is 0 Å². The van der Waals surface area contributed by atoms with Crippen LogP contribution in [0.2, 0.25) is 0 Å².